The number of hydrogen-bond donors (Lipinski definition) is 1. The van der Waals surface area contributed by atoms with Crippen LogP contribution in [0.4, 0.5) is 4.39 Å². The molecule has 0 bridgehead atoms. The summed E-state index contributed by atoms with van der Waals surface area (Å²) in [5.41, 5.74) is 0.849. The molecular formula is C13H18FNO2. The van der Waals surface area contributed by atoms with Crippen LogP contribution in [-0.2, 0) is 11.2 Å². The summed E-state index contributed by atoms with van der Waals surface area (Å²) < 4.78 is 18.6. The van der Waals surface area contributed by atoms with Gasteiger partial charge < -0.3 is 10.1 Å². The fraction of sp³-hybridized carbons (Fsp3) is 0.462. The minimum atomic E-state index is -0.355. The number of nitrogens with one attached hydrogen (secondary N) is 1. The van der Waals surface area contributed by atoms with Crippen molar-refractivity contribution in [2.75, 3.05) is 13.2 Å². The first-order chi connectivity index (χ1) is 8.17. The van der Waals surface area contributed by atoms with Crippen LogP contribution in [0.15, 0.2) is 18.2 Å². The molecule has 0 saturated carbocycles. The third-order valence-electron chi connectivity index (χ3n) is 2.35. The summed E-state index contributed by atoms with van der Waals surface area (Å²) in [4.78, 5) is 11.0. The van der Waals surface area contributed by atoms with Crippen LogP contribution in [-0.4, -0.2) is 19.1 Å². The maximum Gasteiger partial charge on any atom is 0.219 e. The molecule has 1 aromatic rings. The largest absolute Gasteiger partial charge is 0.491 e. The maximum absolute atomic E-state index is 13.5. The lowest BCUT2D eigenvalue weighted by Gasteiger charge is -2.07. The van der Waals surface area contributed by atoms with Crippen LogP contribution in [0, 0.1) is 5.82 Å². The highest BCUT2D eigenvalue weighted by Crippen LogP contribution is 2.18. The molecule has 1 N–H and O–H groups in total. The van der Waals surface area contributed by atoms with E-state index in [9.17, 15) is 9.18 Å². The number of amides is 1. The number of hydrogen-bond acceptors (Lipinski definition) is 2. The fourth-order valence-corrected chi connectivity index (χ4v) is 1.44. The molecular weight excluding hydrogens is 221 g/mol. The van der Waals surface area contributed by atoms with E-state index >= 15 is 0 Å². The molecule has 0 heterocycles. The maximum atomic E-state index is 13.5. The number of carbonyl (C=O) groups is 1. The molecule has 0 aromatic heterocycles. The van der Waals surface area contributed by atoms with Crippen LogP contribution in [0.5, 0.6) is 5.75 Å². The van der Waals surface area contributed by atoms with E-state index in [1.807, 2.05) is 13.0 Å². The van der Waals surface area contributed by atoms with Gasteiger partial charge in [-0.15, -0.1) is 0 Å². The Kier molecular flexibility index (Phi) is 5.46. The summed E-state index contributed by atoms with van der Waals surface area (Å²) in [5.74, 6) is -0.0728. The van der Waals surface area contributed by atoms with E-state index in [4.69, 9.17) is 4.74 Å². The van der Waals surface area contributed by atoms with Gasteiger partial charge in [0.2, 0.25) is 5.91 Å². The standard InChI is InChI=1S/C13H18FNO2/c1-3-13(16)15-8-7-10-5-6-12(17-4-2)11(14)9-10/h5-6,9H,3-4,7-8H2,1-2H3,(H,15,16). The zero-order chi connectivity index (χ0) is 12.7. The minimum Gasteiger partial charge on any atom is -0.491 e. The van der Waals surface area contributed by atoms with Gasteiger partial charge in [-0.3, -0.25) is 4.79 Å². The summed E-state index contributed by atoms with van der Waals surface area (Å²) in [6, 6.07) is 4.88. The molecule has 94 valence electrons. The highest BCUT2D eigenvalue weighted by Gasteiger charge is 2.04. The normalized spacial score (nSPS) is 10.1. The Labute approximate surface area is 101 Å². The van der Waals surface area contributed by atoms with Crippen molar-refractivity contribution in [1.82, 2.24) is 5.32 Å². The smallest absolute Gasteiger partial charge is 0.219 e. The Balaban J connectivity index is 2.50. The Morgan fingerprint density at radius 3 is 2.76 bits per heavy atom. The molecule has 1 aromatic carbocycles. The van der Waals surface area contributed by atoms with Gasteiger partial charge in [-0.2, -0.15) is 0 Å². The lowest BCUT2D eigenvalue weighted by atomic mass is 10.1. The molecule has 0 saturated heterocycles. The average Bonchev–Trinajstić information content (AvgIpc) is 2.32. The SMILES string of the molecule is CCOc1ccc(CCNC(=O)CC)cc1F. The second-order valence-corrected chi connectivity index (χ2v) is 3.65. The molecule has 4 heteroatoms. The van der Waals surface area contributed by atoms with E-state index in [2.05, 4.69) is 5.32 Å². The summed E-state index contributed by atoms with van der Waals surface area (Å²) in [7, 11) is 0. The van der Waals surface area contributed by atoms with E-state index in [-0.39, 0.29) is 17.5 Å². The van der Waals surface area contributed by atoms with Gasteiger partial charge in [0.05, 0.1) is 6.61 Å². The molecule has 0 aliphatic rings. The van der Waals surface area contributed by atoms with Crippen LogP contribution in [0.25, 0.3) is 0 Å². The van der Waals surface area contributed by atoms with Crippen molar-refractivity contribution in [3.63, 3.8) is 0 Å². The molecule has 0 fully saturated rings. The van der Waals surface area contributed by atoms with Crippen molar-refractivity contribution >= 4 is 5.91 Å². The molecule has 1 rings (SSSR count). The van der Waals surface area contributed by atoms with Gasteiger partial charge >= 0.3 is 0 Å². The number of carbonyl (C=O) groups excluding carboxylic acids is 1. The van der Waals surface area contributed by atoms with Crippen molar-refractivity contribution in [1.29, 1.82) is 0 Å². The first kappa shape index (κ1) is 13.5. The van der Waals surface area contributed by atoms with Gasteiger partial charge in [0, 0.05) is 13.0 Å². The second-order valence-electron chi connectivity index (χ2n) is 3.65. The van der Waals surface area contributed by atoms with Crippen molar-refractivity contribution in [2.24, 2.45) is 0 Å². The molecule has 0 aliphatic heterocycles. The second kappa shape index (κ2) is 6.89. The summed E-state index contributed by atoms with van der Waals surface area (Å²) >= 11 is 0. The summed E-state index contributed by atoms with van der Waals surface area (Å²) in [6.07, 6.45) is 1.09. The molecule has 17 heavy (non-hydrogen) atoms. The zero-order valence-electron chi connectivity index (χ0n) is 10.3. The monoisotopic (exact) mass is 239 g/mol. The average molecular weight is 239 g/mol. The van der Waals surface area contributed by atoms with Crippen molar-refractivity contribution in [3.8, 4) is 5.75 Å². The first-order valence-corrected chi connectivity index (χ1v) is 5.85. The topological polar surface area (TPSA) is 38.3 Å². The van der Waals surface area contributed by atoms with Crippen LogP contribution in [0.2, 0.25) is 0 Å². The Morgan fingerprint density at radius 2 is 2.18 bits per heavy atom. The molecule has 0 atom stereocenters. The van der Waals surface area contributed by atoms with E-state index in [1.54, 1.807) is 13.0 Å². The summed E-state index contributed by atoms with van der Waals surface area (Å²) in [6.45, 7) is 4.59. The van der Waals surface area contributed by atoms with Gasteiger partial charge in [-0.1, -0.05) is 13.0 Å². The van der Waals surface area contributed by atoms with Gasteiger partial charge in [-0.25, -0.2) is 4.39 Å². The molecule has 0 spiro atoms. The lowest BCUT2D eigenvalue weighted by molar-refractivity contribution is -0.120. The van der Waals surface area contributed by atoms with Gasteiger partial charge in [0.1, 0.15) is 0 Å². The van der Waals surface area contributed by atoms with E-state index in [1.165, 1.54) is 6.07 Å². The first-order valence-electron chi connectivity index (χ1n) is 5.85. The predicted molar refractivity (Wildman–Crippen MR) is 64.6 cm³/mol. The van der Waals surface area contributed by atoms with Gasteiger partial charge in [0.15, 0.2) is 11.6 Å². The van der Waals surface area contributed by atoms with E-state index in [0.717, 1.165) is 5.56 Å². The fourth-order valence-electron chi connectivity index (χ4n) is 1.44. The van der Waals surface area contributed by atoms with E-state index < -0.39 is 0 Å². The number of ether oxygens (including phenoxy) is 1. The van der Waals surface area contributed by atoms with Crippen LogP contribution >= 0.6 is 0 Å². The predicted octanol–water partition coefficient (Wildman–Crippen LogP) is 2.29. The quantitative estimate of drug-likeness (QED) is 0.827. The zero-order valence-corrected chi connectivity index (χ0v) is 10.3. The van der Waals surface area contributed by atoms with Crippen molar-refractivity contribution < 1.29 is 13.9 Å². The highest BCUT2D eigenvalue weighted by molar-refractivity contribution is 5.75. The highest BCUT2D eigenvalue weighted by atomic mass is 19.1. The molecule has 0 unspecified atom stereocenters. The molecule has 3 nitrogen and oxygen atoms in total. The van der Waals surface area contributed by atoms with Gasteiger partial charge in [-0.05, 0) is 31.0 Å². The van der Waals surface area contributed by atoms with Crippen LogP contribution < -0.4 is 10.1 Å². The number of rotatable bonds is 6. The summed E-state index contributed by atoms with van der Waals surface area (Å²) in [5, 5.41) is 2.75. The van der Waals surface area contributed by atoms with Crippen molar-refractivity contribution in [3.05, 3.63) is 29.6 Å². The van der Waals surface area contributed by atoms with Gasteiger partial charge in [0.25, 0.3) is 0 Å². The molecule has 0 radical (unpaired) electrons. The third-order valence-corrected chi connectivity index (χ3v) is 2.35. The Morgan fingerprint density at radius 1 is 1.41 bits per heavy atom. The van der Waals surface area contributed by atoms with Crippen molar-refractivity contribution in [2.45, 2.75) is 26.7 Å². The molecule has 0 aliphatic carbocycles. The number of halogens is 1. The lowest BCUT2D eigenvalue weighted by Crippen LogP contribution is -2.24. The van der Waals surface area contributed by atoms with E-state index in [0.29, 0.717) is 26.0 Å². The number of benzene rings is 1. The Hall–Kier alpha value is -1.58. The van der Waals surface area contributed by atoms with Crippen LogP contribution in [0.3, 0.4) is 0 Å². The third kappa shape index (κ3) is 4.43. The Bertz CT molecular complexity index is 380. The minimum absolute atomic E-state index is 0.0106. The van der Waals surface area contributed by atoms with Crippen LogP contribution in [0.1, 0.15) is 25.8 Å². The molecule has 1 amide bonds.